The van der Waals surface area contributed by atoms with Gasteiger partial charge in [0.05, 0.1) is 24.5 Å². The third kappa shape index (κ3) is 2.92. The first kappa shape index (κ1) is 14.1. The Kier molecular flexibility index (Phi) is 3.91. The normalized spacial score (nSPS) is 14.4. The second-order valence-corrected chi connectivity index (χ2v) is 5.72. The summed E-state index contributed by atoms with van der Waals surface area (Å²) in [6.07, 6.45) is 3.79. The van der Waals surface area contributed by atoms with Gasteiger partial charge in [0.2, 0.25) is 5.16 Å². The van der Waals surface area contributed by atoms with Crippen LogP contribution in [0.25, 0.3) is 0 Å². The molecule has 2 aromatic rings. The van der Waals surface area contributed by atoms with Crippen molar-refractivity contribution in [3.8, 4) is 0 Å². The van der Waals surface area contributed by atoms with Crippen molar-refractivity contribution in [2.24, 2.45) is 7.05 Å². The van der Waals surface area contributed by atoms with Gasteiger partial charge in [-0.2, -0.15) is 5.10 Å². The summed E-state index contributed by atoms with van der Waals surface area (Å²) in [6.45, 7) is 2.13. The lowest BCUT2D eigenvalue weighted by atomic mass is 10.3. The molecule has 0 aromatic carbocycles. The minimum Gasteiger partial charge on any atom is -0.462 e. The van der Waals surface area contributed by atoms with Crippen LogP contribution in [0.5, 0.6) is 0 Å². The van der Waals surface area contributed by atoms with Gasteiger partial charge in [-0.25, -0.2) is 9.48 Å². The third-order valence-corrected chi connectivity index (χ3v) is 4.19. The van der Waals surface area contributed by atoms with E-state index in [0.29, 0.717) is 24.0 Å². The Bertz CT molecular complexity index is 648. The van der Waals surface area contributed by atoms with Crippen molar-refractivity contribution < 1.29 is 9.53 Å². The maximum atomic E-state index is 11.9. The van der Waals surface area contributed by atoms with Gasteiger partial charge in [0.25, 0.3) is 0 Å². The van der Waals surface area contributed by atoms with Crippen LogP contribution in [0.3, 0.4) is 0 Å². The van der Waals surface area contributed by atoms with E-state index in [1.165, 1.54) is 18.0 Å². The van der Waals surface area contributed by atoms with Crippen LogP contribution in [0.1, 0.15) is 41.9 Å². The molecular formula is C12H16N6O2S. The predicted octanol–water partition coefficient (Wildman–Crippen LogP) is 1.21. The topological polar surface area (TPSA) is 87.7 Å². The zero-order chi connectivity index (χ0) is 14.8. The fourth-order valence-corrected chi connectivity index (χ4v) is 3.00. The van der Waals surface area contributed by atoms with Crippen molar-refractivity contribution in [1.82, 2.24) is 30.0 Å². The molecule has 0 radical (unpaired) electrons. The standard InChI is InChI=1S/C12H16N6O2S/c1-3-20-11(19)9-6-13-17(2)10(9)7-21-12-14-15-16-18(12)8-4-5-8/h6,8H,3-5,7H2,1-2H3. The van der Waals surface area contributed by atoms with Gasteiger partial charge in [-0.1, -0.05) is 11.8 Å². The van der Waals surface area contributed by atoms with E-state index in [9.17, 15) is 4.79 Å². The van der Waals surface area contributed by atoms with E-state index in [0.717, 1.165) is 23.7 Å². The molecule has 2 heterocycles. The fraction of sp³-hybridized carbons (Fsp3) is 0.583. The van der Waals surface area contributed by atoms with Crippen molar-refractivity contribution in [2.75, 3.05) is 6.61 Å². The Morgan fingerprint density at radius 1 is 1.52 bits per heavy atom. The zero-order valence-electron chi connectivity index (χ0n) is 11.9. The molecule has 112 valence electrons. The molecule has 1 saturated carbocycles. The number of nitrogens with zero attached hydrogens (tertiary/aromatic N) is 6. The van der Waals surface area contributed by atoms with Crippen LogP contribution in [0.2, 0.25) is 0 Å². The van der Waals surface area contributed by atoms with Gasteiger partial charge in [0, 0.05) is 12.8 Å². The van der Waals surface area contributed by atoms with E-state index in [2.05, 4.69) is 20.6 Å². The smallest absolute Gasteiger partial charge is 0.341 e. The number of esters is 1. The van der Waals surface area contributed by atoms with Gasteiger partial charge in [0.1, 0.15) is 5.56 Å². The van der Waals surface area contributed by atoms with Crippen LogP contribution in [0, 0.1) is 0 Å². The maximum Gasteiger partial charge on any atom is 0.341 e. The van der Waals surface area contributed by atoms with E-state index >= 15 is 0 Å². The number of ether oxygens (including phenoxy) is 1. The molecular weight excluding hydrogens is 292 g/mol. The summed E-state index contributed by atoms with van der Waals surface area (Å²) in [7, 11) is 1.81. The van der Waals surface area contributed by atoms with Gasteiger partial charge in [-0.15, -0.1) is 5.10 Å². The number of thioether (sulfide) groups is 1. The number of rotatable bonds is 6. The Labute approximate surface area is 125 Å². The minimum atomic E-state index is -0.344. The number of carbonyl (C=O) groups is 1. The van der Waals surface area contributed by atoms with Gasteiger partial charge in [-0.3, -0.25) is 4.68 Å². The fourth-order valence-electron chi connectivity index (χ4n) is 1.98. The highest BCUT2D eigenvalue weighted by Crippen LogP contribution is 2.37. The predicted molar refractivity (Wildman–Crippen MR) is 74.8 cm³/mol. The monoisotopic (exact) mass is 308 g/mol. The molecule has 0 amide bonds. The Morgan fingerprint density at radius 2 is 2.33 bits per heavy atom. The summed E-state index contributed by atoms with van der Waals surface area (Å²) in [5.74, 6) is 0.223. The van der Waals surface area contributed by atoms with E-state index in [1.807, 2.05) is 11.7 Å². The summed E-state index contributed by atoms with van der Waals surface area (Å²) in [5, 5.41) is 16.7. The highest BCUT2D eigenvalue weighted by atomic mass is 32.2. The van der Waals surface area contributed by atoms with Gasteiger partial charge >= 0.3 is 5.97 Å². The van der Waals surface area contributed by atoms with Crippen LogP contribution < -0.4 is 0 Å². The van der Waals surface area contributed by atoms with Crippen molar-refractivity contribution in [1.29, 1.82) is 0 Å². The van der Waals surface area contributed by atoms with Crippen molar-refractivity contribution in [3.05, 3.63) is 17.5 Å². The Balaban J connectivity index is 1.74. The first-order valence-electron chi connectivity index (χ1n) is 6.79. The Hall–Kier alpha value is -1.90. The number of aromatic nitrogens is 6. The van der Waals surface area contributed by atoms with Crippen LogP contribution in [-0.4, -0.2) is 42.6 Å². The Morgan fingerprint density at radius 3 is 3.05 bits per heavy atom. The van der Waals surface area contributed by atoms with Crippen molar-refractivity contribution in [2.45, 2.75) is 36.7 Å². The summed E-state index contributed by atoms with van der Waals surface area (Å²) in [5.41, 5.74) is 1.31. The van der Waals surface area contributed by atoms with Gasteiger partial charge < -0.3 is 4.74 Å². The molecule has 0 atom stereocenters. The SMILES string of the molecule is CCOC(=O)c1cnn(C)c1CSc1nnnn1C1CC1. The minimum absolute atomic E-state index is 0.344. The van der Waals surface area contributed by atoms with E-state index < -0.39 is 0 Å². The summed E-state index contributed by atoms with van der Waals surface area (Å²) < 4.78 is 8.58. The molecule has 0 spiro atoms. The lowest BCUT2D eigenvalue weighted by Crippen LogP contribution is -2.08. The highest BCUT2D eigenvalue weighted by Gasteiger charge is 2.28. The molecule has 1 fully saturated rings. The summed E-state index contributed by atoms with van der Waals surface area (Å²) in [4.78, 5) is 11.9. The quantitative estimate of drug-likeness (QED) is 0.585. The van der Waals surface area contributed by atoms with Crippen LogP contribution in [0.15, 0.2) is 11.4 Å². The van der Waals surface area contributed by atoms with E-state index in [4.69, 9.17) is 4.74 Å². The lowest BCUT2D eigenvalue weighted by Gasteiger charge is -2.06. The van der Waals surface area contributed by atoms with Crippen LogP contribution >= 0.6 is 11.8 Å². The van der Waals surface area contributed by atoms with E-state index in [-0.39, 0.29) is 5.97 Å². The molecule has 9 heteroatoms. The average Bonchev–Trinajstić information content (AvgIpc) is 3.09. The average molecular weight is 308 g/mol. The molecule has 1 aliphatic rings. The van der Waals surface area contributed by atoms with E-state index in [1.54, 1.807) is 11.6 Å². The number of hydrogen-bond acceptors (Lipinski definition) is 7. The molecule has 0 N–H and O–H groups in total. The largest absolute Gasteiger partial charge is 0.462 e. The highest BCUT2D eigenvalue weighted by molar-refractivity contribution is 7.98. The molecule has 2 aromatic heterocycles. The molecule has 8 nitrogen and oxygen atoms in total. The molecule has 0 unspecified atom stereocenters. The third-order valence-electron chi connectivity index (χ3n) is 3.25. The molecule has 0 aliphatic heterocycles. The first-order valence-corrected chi connectivity index (χ1v) is 7.78. The van der Waals surface area contributed by atoms with Crippen molar-refractivity contribution in [3.63, 3.8) is 0 Å². The first-order chi connectivity index (χ1) is 10.2. The molecule has 21 heavy (non-hydrogen) atoms. The number of tetrazole rings is 1. The maximum absolute atomic E-state index is 11.9. The van der Waals surface area contributed by atoms with Gasteiger partial charge in [0.15, 0.2) is 0 Å². The lowest BCUT2D eigenvalue weighted by molar-refractivity contribution is 0.0525. The summed E-state index contributed by atoms with van der Waals surface area (Å²) >= 11 is 1.50. The number of carbonyl (C=O) groups excluding carboxylic acids is 1. The molecule has 1 aliphatic carbocycles. The van der Waals surface area contributed by atoms with Crippen LogP contribution in [-0.2, 0) is 17.5 Å². The summed E-state index contributed by atoms with van der Waals surface area (Å²) in [6, 6.07) is 0.429. The molecule has 0 bridgehead atoms. The van der Waals surface area contributed by atoms with Crippen molar-refractivity contribution >= 4 is 17.7 Å². The number of hydrogen-bond donors (Lipinski definition) is 0. The second-order valence-electron chi connectivity index (χ2n) is 4.77. The molecule has 3 rings (SSSR count). The van der Waals surface area contributed by atoms with Gasteiger partial charge in [-0.05, 0) is 30.2 Å². The number of aryl methyl sites for hydroxylation is 1. The molecule has 0 saturated heterocycles. The second kappa shape index (κ2) is 5.84. The van der Waals surface area contributed by atoms with Crippen LogP contribution in [0.4, 0.5) is 0 Å². The zero-order valence-corrected chi connectivity index (χ0v) is 12.7.